The van der Waals surface area contributed by atoms with Crippen molar-refractivity contribution in [2.24, 2.45) is 0 Å². The first-order valence-electron chi connectivity index (χ1n) is 10.6. The molecule has 172 valence electrons. The molecule has 0 aliphatic carbocycles. The van der Waals surface area contributed by atoms with Gasteiger partial charge in [0, 0.05) is 17.1 Å². The Morgan fingerprint density at radius 1 is 1.03 bits per heavy atom. The highest BCUT2D eigenvalue weighted by Gasteiger charge is 2.35. The molecule has 0 saturated carbocycles. The van der Waals surface area contributed by atoms with Crippen LogP contribution in [0.2, 0.25) is 0 Å². The van der Waals surface area contributed by atoms with E-state index in [1.54, 1.807) is 24.3 Å². The molecule has 4 rings (SSSR count). The summed E-state index contributed by atoms with van der Waals surface area (Å²) in [6.45, 7) is 7.58. The second kappa shape index (κ2) is 8.72. The molecular weight excluding hydrogens is 450 g/mol. The maximum atomic E-state index is 13.4. The fraction of sp³-hybridized carbons (Fsp3) is 0.154. The smallest absolute Gasteiger partial charge is 0.335 e. The summed E-state index contributed by atoms with van der Waals surface area (Å²) in [6, 6.07) is 14.0. The van der Waals surface area contributed by atoms with Crippen LogP contribution >= 0.6 is 12.2 Å². The van der Waals surface area contributed by atoms with Crippen LogP contribution in [0.3, 0.4) is 0 Å². The number of nitrogens with zero attached hydrogens (tertiary/aromatic N) is 2. The molecule has 1 saturated heterocycles. The second-order valence-electron chi connectivity index (χ2n) is 8.19. The molecule has 0 radical (unpaired) electrons. The third-order valence-electron chi connectivity index (χ3n) is 6.04. The zero-order valence-corrected chi connectivity index (χ0v) is 20.0. The summed E-state index contributed by atoms with van der Waals surface area (Å²) in [6.07, 6.45) is 1.55. The number of aromatic nitrogens is 1. The van der Waals surface area contributed by atoms with Gasteiger partial charge in [-0.2, -0.15) is 0 Å². The molecular formula is C26H23N3O4S. The van der Waals surface area contributed by atoms with E-state index in [9.17, 15) is 19.5 Å². The third kappa shape index (κ3) is 3.92. The van der Waals surface area contributed by atoms with Gasteiger partial charge in [-0.1, -0.05) is 18.2 Å². The largest absolute Gasteiger partial charge is 0.478 e. The molecule has 0 unspecified atom stereocenters. The lowest BCUT2D eigenvalue weighted by Crippen LogP contribution is -2.54. The van der Waals surface area contributed by atoms with Gasteiger partial charge in [0.05, 0.1) is 11.3 Å². The Bertz CT molecular complexity index is 1420. The summed E-state index contributed by atoms with van der Waals surface area (Å²) in [4.78, 5) is 38.9. The van der Waals surface area contributed by atoms with Crippen LogP contribution in [-0.2, 0) is 9.59 Å². The van der Waals surface area contributed by atoms with Gasteiger partial charge in [0.1, 0.15) is 5.57 Å². The van der Waals surface area contributed by atoms with Crippen LogP contribution in [0.15, 0.2) is 54.1 Å². The lowest BCUT2D eigenvalue weighted by molar-refractivity contribution is -0.122. The van der Waals surface area contributed by atoms with E-state index in [0.29, 0.717) is 16.9 Å². The minimum absolute atomic E-state index is 0.0333. The first-order valence-corrected chi connectivity index (χ1v) is 11.0. The average Bonchev–Trinajstić information content (AvgIpc) is 3.06. The van der Waals surface area contributed by atoms with Crippen LogP contribution in [-0.4, -0.2) is 32.6 Å². The second-order valence-corrected chi connectivity index (χ2v) is 8.58. The van der Waals surface area contributed by atoms with Gasteiger partial charge in [-0.15, -0.1) is 0 Å². The molecule has 2 amide bonds. The van der Waals surface area contributed by atoms with Gasteiger partial charge in [0.2, 0.25) is 0 Å². The van der Waals surface area contributed by atoms with E-state index in [0.717, 1.165) is 22.5 Å². The molecule has 7 nitrogen and oxygen atoms in total. The van der Waals surface area contributed by atoms with Crippen molar-refractivity contribution in [2.75, 3.05) is 4.90 Å². The summed E-state index contributed by atoms with van der Waals surface area (Å²) >= 11 is 5.33. The maximum absolute atomic E-state index is 13.4. The number of anilines is 1. The summed E-state index contributed by atoms with van der Waals surface area (Å²) in [5.41, 5.74) is 5.60. The van der Waals surface area contributed by atoms with E-state index in [1.165, 1.54) is 11.0 Å². The van der Waals surface area contributed by atoms with Crippen molar-refractivity contribution in [1.82, 2.24) is 9.88 Å². The lowest BCUT2D eigenvalue weighted by atomic mass is 10.0. The van der Waals surface area contributed by atoms with Crippen molar-refractivity contribution in [3.8, 4) is 5.69 Å². The quantitative estimate of drug-likeness (QED) is 0.336. The fourth-order valence-corrected chi connectivity index (χ4v) is 4.39. The van der Waals surface area contributed by atoms with E-state index in [4.69, 9.17) is 12.2 Å². The Morgan fingerprint density at radius 2 is 1.74 bits per heavy atom. The standard InChI is InChI=1S/C26H23N3O4S/c1-14-7-5-10-22(16(14)3)29-24(31)21(23(30)27-26(29)34)13-19-11-15(2)28(17(19)4)20-9-6-8-18(12-20)25(32)33/h5-13H,1-4H3,(H,32,33)(H,27,30,34)/b21-13+. The normalized spacial score (nSPS) is 15.1. The number of benzene rings is 2. The van der Waals surface area contributed by atoms with Crippen LogP contribution in [0, 0.1) is 27.7 Å². The monoisotopic (exact) mass is 473 g/mol. The Morgan fingerprint density at radius 3 is 2.44 bits per heavy atom. The molecule has 0 atom stereocenters. The topological polar surface area (TPSA) is 91.6 Å². The Hall–Kier alpha value is -4.04. The number of rotatable bonds is 4. The predicted molar refractivity (Wildman–Crippen MR) is 134 cm³/mol. The first kappa shape index (κ1) is 23.1. The minimum Gasteiger partial charge on any atom is -0.478 e. The highest BCUT2D eigenvalue weighted by atomic mass is 32.1. The molecule has 3 aromatic rings. The van der Waals surface area contributed by atoms with Crippen molar-refractivity contribution >= 4 is 46.9 Å². The van der Waals surface area contributed by atoms with E-state index in [2.05, 4.69) is 5.32 Å². The van der Waals surface area contributed by atoms with Crippen molar-refractivity contribution in [2.45, 2.75) is 27.7 Å². The molecule has 1 aliphatic heterocycles. The van der Waals surface area contributed by atoms with E-state index in [-0.39, 0.29) is 16.2 Å². The van der Waals surface area contributed by atoms with Gasteiger partial charge in [-0.05, 0) is 93.0 Å². The first-order chi connectivity index (χ1) is 16.1. The average molecular weight is 474 g/mol. The number of carboxylic acids is 1. The van der Waals surface area contributed by atoms with Crippen LogP contribution in [0.25, 0.3) is 11.8 Å². The number of carbonyl (C=O) groups is 3. The number of nitrogens with one attached hydrogen (secondary N) is 1. The van der Waals surface area contributed by atoms with Gasteiger partial charge in [0.15, 0.2) is 5.11 Å². The third-order valence-corrected chi connectivity index (χ3v) is 6.32. The number of carbonyl (C=O) groups excluding carboxylic acids is 2. The van der Waals surface area contributed by atoms with E-state index >= 15 is 0 Å². The zero-order valence-electron chi connectivity index (χ0n) is 19.2. The van der Waals surface area contributed by atoms with Crippen molar-refractivity contribution < 1.29 is 19.5 Å². The Balaban J connectivity index is 1.79. The van der Waals surface area contributed by atoms with Crippen LogP contribution in [0.5, 0.6) is 0 Å². The minimum atomic E-state index is -1.02. The molecule has 2 N–H and O–H groups in total. The van der Waals surface area contributed by atoms with E-state index < -0.39 is 17.8 Å². The molecule has 2 aromatic carbocycles. The Kier molecular flexibility index (Phi) is 5.93. The van der Waals surface area contributed by atoms with Crippen molar-refractivity contribution in [1.29, 1.82) is 0 Å². The fourth-order valence-electron chi connectivity index (χ4n) is 4.12. The maximum Gasteiger partial charge on any atom is 0.335 e. The van der Waals surface area contributed by atoms with Crippen LogP contribution in [0.4, 0.5) is 5.69 Å². The van der Waals surface area contributed by atoms with Gasteiger partial charge in [-0.3, -0.25) is 19.8 Å². The summed E-state index contributed by atoms with van der Waals surface area (Å²) in [5.74, 6) is -2.08. The number of aromatic carboxylic acids is 1. The summed E-state index contributed by atoms with van der Waals surface area (Å²) in [5, 5.41) is 12.0. The summed E-state index contributed by atoms with van der Waals surface area (Å²) in [7, 11) is 0. The molecule has 8 heteroatoms. The highest BCUT2D eigenvalue weighted by molar-refractivity contribution is 7.80. The Labute approximate surface area is 202 Å². The summed E-state index contributed by atoms with van der Waals surface area (Å²) < 4.78 is 1.89. The van der Waals surface area contributed by atoms with E-state index in [1.807, 2.05) is 56.5 Å². The number of carboxylic acid groups (broad SMARTS) is 1. The van der Waals surface area contributed by atoms with Crippen LogP contribution < -0.4 is 10.2 Å². The van der Waals surface area contributed by atoms with Gasteiger partial charge < -0.3 is 9.67 Å². The predicted octanol–water partition coefficient (Wildman–Crippen LogP) is 4.24. The SMILES string of the molecule is Cc1cccc(N2C(=O)/C(=C/c3cc(C)n(-c4cccc(C(=O)O)c4)c3C)C(=O)NC2=S)c1C. The van der Waals surface area contributed by atoms with Crippen molar-refractivity contribution in [3.63, 3.8) is 0 Å². The van der Waals surface area contributed by atoms with Crippen molar-refractivity contribution in [3.05, 3.63) is 87.7 Å². The van der Waals surface area contributed by atoms with Gasteiger partial charge in [-0.25, -0.2) is 4.79 Å². The zero-order chi connectivity index (χ0) is 24.7. The molecule has 0 spiro atoms. The highest BCUT2D eigenvalue weighted by Crippen LogP contribution is 2.29. The number of aryl methyl sites for hydroxylation is 2. The number of amides is 2. The molecule has 1 aromatic heterocycles. The number of hydrogen-bond donors (Lipinski definition) is 2. The number of hydrogen-bond acceptors (Lipinski definition) is 4. The van der Waals surface area contributed by atoms with Gasteiger partial charge in [0.25, 0.3) is 11.8 Å². The lowest BCUT2D eigenvalue weighted by Gasteiger charge is -2.30. The molecule has 1 fully saturated rings. The van der Waals surface area contributed by atoms with Gasteiger partial charge >= 0.3 is 5.97 Å². The molecule has 34 heavy (non-hydrogen) atoms. The molecule has 1 aliphatic rings. The van der Waals surface area contributed by atoms with Crippen LogP contribution in [0.1, 0.15) is 38.4 Å². The molecule has 2 heterocycles. The molecule has 0 bridgehead atoms. The number of thiocarbonyl (C=S) groups is 1.